The summed E-state index contributed by atoms with van der Waals surface area (Å²) in [5.74, 6) is -1.55. The van der Waals surface area contributed by atoms with Gasteiger partial charge in [0, 0.05) is 25.5 Å². The number of carboxylic acid groups (broad SMARTS) is 1. The summed E-state index contributed by atoms with van der Waals surface area (Å²) in [6, 6.07) is -1.29. The highest BCUT2D eigenvalue weighted by molar-refractivity contribution is 5.83. The van der Waals surface area contributed by atoms with Crippen LogP contribution in [-0.2, 0) is 9.59 Å². The van der Waals surface area contributed by atoms with E-state index in [2.05, 4.69) is 5.32 Å². The lowest BCUT2D eigenvalue weighted by Crippen LogP contribution is -2.43. The van der Waals surface area contributed by atoms with E-state index in [4.69, 9.17) is 15.9 Å². The van der Waals surface area contributed by atoms with Crippen LogP contribution in [0, 0.1) is 0 Å². The maximum absolute atomic E-state index is 11.3. The Morgan fingerprint density at radius 1 is 1.47 bits per heavy atom. The second kappa shape index (κ2) is 7.19. The molecule has 88 valence electrons. The van der Waals surface area contributed by atoms with Crippen molar-refractivity contribution >= 4 is 11.9 Å². The van der Waals surface area contributed by atoms with Crippen LogP contribution < -0.4 is 11.1 Å². The van der Waals surface area contributed by atoms with E-state index >= 15 is 0 Å². The van der Waals surface area contributed by atoms with Gasteiger partial charge in [-0.15, -0.1) is 0 Å². The van der Waals surface area contributed by atoms with Gasteiger partial charge >= 0.3 is 5.97 Å². The molecule has 15 heavy (non-hydrogen) atoms. The van der Waals surface area contributed by atoms with E-state index in [1.54, 1.807) is 0 Å². The molecule has 0 aliphatic rings. The molecular weight excluding hydrogens is 200 g/mol. The van der Waals surface area contributed by atoms with Crippen LogP contribution in [-0.4, -0.2) is 40.8 Å². The van der Waals surface area contributed by atoms with E-state index in [-0.39, 0.29) is 25.5 Å². The number of carbonyl (C=O) groups excluding carboxylic acids is 1. The molecule has 0 saturated heterocycles. The highest BCUT2D eigenvalue weighted by Gasteiger charge is 2.19. The molecule has 0 fully saturated rings. The molecule has 5 N–H and O–H groups in total. The first-order chi connectivity index (χ1) is 7.01. The Bertz CT molecular complexity index is 220. The Balaban J connectivity index is 4.05. The maximum Gasteiger partial charge on any atom is 0.326 e. The number of nitrogens with one attached hydrogen (secondary N) is 1. The number of aliphatic carboxylic acids is 1. The first kappa shape index (κ1) is 13.9. The second-order valence-corrected chi connectivity index (χ2v) is 3.34. The normalized spacial score (nSPS) is 14.3. The first-order valence-corrected chi connectivity index (χ1v) is 4.89. The Morgan fingerprint density at radius 3 is 2.47 bits per heavy atom. The molecule has 0 bridgehead atoms. The van der Waals surface area contributed by atoms with Gasteiger partial charge in [0.1, 0.15) is 6.04 Å². The van der Waals surface area contributed by atoms with E-state index in [1.807, 2.05) is 6.92 Å². The zero-order valence-electron chi connectivity index (χ0n) is 8.77. The van der Waals surface area contributed by atoms with Gasteiger partial charge in [-0.1, -0.05) is 6.92 Å². The fraction of sp³-hybridized carbons (Fsp3) is 0.778. The summed E-state index contributed by atoms with van der Waals surface area (Å²) >= 11 is 0. The molecule has 0 spiro atoms. The summed E-state index contributed by atoms with van der Waals surface area (Å²) in [5.41, 5.74) is 5.54. The summed E-state index contributed by atoms with van der Waals surface area (Å²) in [6.45, 7) is 1.57. The minimum atomic E-state index is -1.15. The average Bonchev–Trinajstić information content (AvgIpc) is 2.16. The number of amides is 1. The van der Waals surface area contributed by atoms with Crippen LogP contribution in [0.15, 0.2) is 0 Å². The number of aliphatic hydroxyl groups is 1. The van der Waals surface area contributed by atoms with Gasteiger partial charge in [0.15, 0.2) is 0 Å². The molecule has 0 heterocycles. The number of carboxylic acids is 1. The topological polar surface area (TPSA) is 113 Å². The summed E-state index contributed by atoms with van der Waals surface area (Å²) in [4.78, 5) is 21.9. The molecule has 1 amide bonds. The summed E-state index contributed by atoms with van der Waals surface area (Å²) in [6.07, 6.45) is 0.763. The summed E-state index contributed by atoms with van der Waals surface area (Å²) < 4.78 is 0. The predicted octanol–water partition coefficient (Wildman–Crippen LogP) is -0.934. The van der Waals surface area contributed by atoms with Crippen molar-refractivity contribution in [3.05, 3.63) is 0 Å². The van der Waals surface area contributed by atoms with Gasteiger partial charge in [0.05, 0.1) is 0 Å². The molecule has 0 aromatic heterocycles. The summed E-state index contributed by atoms with van der Waals surface area (Å²) in [5, 5.41) is 19.6. The van der Waals surface area contributed by atoms with Crippen molar-refractivity contribution in [2.45, 2.75) is 38.3 Å². The lowest BCUT2D eigenvalue weighted by molar-refractivity contribution is -0.142. The zero-order valence-corrected chi connectivity index (χ0v) is 8.77. The SMILES string of the molecule is CCC(N)CC(=O)NC(CCO)C(=O)O. The Labute approximate surface area is 88.5 Å². The highest BCUT2D eigenvalue weighted by Crippen LogP contribution is 1.96. The van der Waals surface area contributed by atoms with Crippen LogP contribution in [0.25, 0.3) is 0 Å². The van der Waals surface area contributed by atoms with Gasteiger partial charge in [0.2, 0.25) is 5.91 Å². The lowest BCUT2D eigenvalue weighted by Gasteiger charge is -2.14. The van der Waals surface area contributed by atoms with E-state index in [9.17, 15) is 9.59 Å². The monoisotopic (exact) mass is 218 g/mol. The average molecular weight is 218 g/mol. The number of hydrogen-bond acceptors (Lipinski definition) is 4. The van der Waals surface area contributed by atoms with Crippen LogP contribution in [0.1, 0.15) is 26.2 Å². The summed E-state index contributed by atoms with van der Waals surface area (Å²) in [7, 11) is 0. The third-order valence-corrected chi connectivity index (χ3v) is 2.02. The van der Waals surface area contributed by atoms with Gasteiger partial charge in [0.25, 0.3) is 0 Å². The molecule has 0 saturated carbocycles. The van der Waals surface area contributed by atoms with Crippen molar-refractivity contribution in [1.82, 2.24) is 5.32 Å². The zero-order chi connectivity index (χ0) is 11.8. The lowest BCUT2D eigenvalue weighted by atomic mass is 10.1. The third kappa shape index (κ3) is 6.03. The molecule has 0 aliphatic heterocycles. The van der Waals surface area contributed by atoms with Crippen LogP contribution in [0.4, 0.5) is 0 Å². The molecular formula is C9H18N2O4. The van der Waals surface area contributed by atoms with Crippen LogP contribution >= 0.6 is 0 Å². The minimum Gasteiger partial charge on any atom is -0.480 e. The van der Waals surface area contributed by atoms with E-state index in [0.29, 0.717) is 6.42 Å². The van der Waals surface area contributed by atoms with Crippen molar-refractivity contribution in [3.8, 4) is 0 Å². The van der Waals surface area contributed by atoms with Crippen LogP contribution in [0.5, 0.6) is 0 Å². The van der Waals surface area contributed by atoms with Gasteiger partial charge in [-0.3, -0.25) is 4.79 Å². The molecule has 0 aliphatic carbocycles. The van der Waals surface area contributed by atoms with E-state index in [0.717, 1.165) is 0 Å². The third-order valence-electron chi connectivity index (χ3n) is 2.02. The van der Waals surface area contributed by atoms with Crippen molar-refractivity contribution < 1.29 is 19.8 Å². The fourth-order valence-electron chi connectivity index (χ4n) is 1.02. The first-order valence-electron chi connectivity index (χ1n) is 4.89. The fourth-order valence-corrected chi connectivity index (χ4v) is 1.02. The van der Waals surface area contributed by atoms with Gasteiger partial charge in [-0.05, 0) is 6.42 Å². The quantitative estimate of drug-likeness (QED) is 0.441. The van der Waals surface area contributed by atoms with Gasteiger partial charge in [-0.2, -0.15) is 0 Å². The van der Waals surface area contributed by atoms with Crippen LogP contribution in [0.2, 0.25) is 0 Å². The van der Waals surface area contributed by atoms with Gasteiger partial charge < -0.3 is 21.3 Å². The Morgan fingerprint density at radius 2 is 2.07 bits per heavy atom. The molecule has 0 aromatic carbocycles. The molecule has 6 nitrogen and oxygen atoms in total. The number of nitrogens with two attached hydrogens (primary N) is 1. The van der Waals surface area contributed by atoms with Crippen molar-refractivity contribution in [2.75, 3.05) is 6.61 Å². The van der Waals surface area contributed by atoms with E-state index in [1.165, 1.54) is 0 Å². The molecule has 0 aromatic rings. The van der Waals surface area contributed by atoms with E-state index < -0.39 is 17.9 Å². The van der Waals surface area contributed by atoms with Crippen molar-refractivity contribution in [1.29, 1.82) is 0 Å². The largest absolute Gasteiger partial charge is 0.480 e. The number of rotatable bonds is 7. The van der Waals surface area contributed by atoms with Gasteiger partial charge in [-0.25, -0.2) is 4.79 Å². The molecule has 0 rings (SSSR count). The number of carbonyl (C=O) groups is 2. The predicted molar refractivity (Wildman–Crippen MR) is 54.2 cm³/mol. The van der Waals surface area contributed by atoms with Crippen LogP contribution in [0.3, 0.4) is 0 Å². The molecule has 6 heteroatoms. The molecule has 0 radical (unpaired) electrons. The Hall–Kier alpha value is -1.14. The minimum absolute atomic E-state index is 0.00242. The maximum atomic E-state index is 11.3. The van der Waals surface area contributed by atoms with Crippen molar-refractivity contribution in [3.63, 3.8) is 0 Å². The second-order valence-electron chi connectivity index (χ2n) is 3.34. The van der Waals surface area contributed by atoms with Crippen molar-refractivity contribution in [2.24, 2.45) is 5.73 Å². The molecule has 2 unspecified atom stereocenters. The number of hydrogen-bond donors (Lipinski definition) is 4. The molecule has 2 atom stereocenters. The Kier molecular flexibility index (Phi) is 6.64. The number of aliphatic hydroxyl groups excluding tert-OH is 1. The highest BCUT2D eigenvalue weighted by atomic mass is 16.4. The smallest absolute Gasteiger partial charge is 0.326 e. The standard InChI is InChI=1S/C9H18N2O4/c1-2-6(10)5-8(13)11-7(3-4-12)9(14)15/h6-7,12H,2-5,10H2,1H3,(H,11,13)(H,14,15).